The Balaban J connectivity index is 3.40. The highest BCUT2D eigenvalue weighted by molar-refractivity contribution is 7.99. The average molecular weight is 162 g/mol. The number of amides is 1. The summed E-state index contributed by atoms with van der Waals surface area (Å²) in [5, 5.41) is 0.505. The minimum absolute atomic E-state index is 0.423. The van der Waals surface area contributed by atoms with Crippen molar-refractivity contribution in [2.75, 3.05) is 5.75 Å². The Bertz CT molecular complexity index is 116. The monoisotopic (exact) mass is 162 g/mol. The molecule has 0 aromatic heterocycles. The Morgan fingerprint density at radius 3 is 2.40 bits per heavy atom. The van der Waals surface area contributed by atoms with Gasteiger partial charge in [0.25, 0.3) is 0 Å². The first-order valence-electron chi connectivity index (χ1n) is 3.20. The molecule has 0 aliphatic heterocycles. The van der Waals surface area contributed by atoms with Crippen molar-refractivity contribution < 1.29 is 4.79 Å². The number of carbonyl (C=O) groups is 1. The van der Waals surface area contributed by atoms with Gasteiger partial charge >= 0.3 is 0 Å². The molecule has 10 heavy (non-hydrogen) atoms. The largest absolute Gasteiger partial charge is 0.368 e. The number of rotatable bonds is 4. The van der Waals surface area contributed by atoms with E-state index >= 15 is 0 Å². The maximum Gasteiger partial charge on any atom is 0.235 e. The lowest BCUT2D eigenvalue weighted by Crippen LogP contribution is -2.38. The fourth-order valence-corrected chi connectivity index (χ4v) is 1.13. The number of hydrogen-bond donors (Lipinski definition) is 2. The second-order valence-electron chi connectivity index (χ2n) is 2.39. The van der Waals surface area contributed by atoms with E-state index in [9.17, 15) is 4.79 Å². The van der Waals surface area contributed by atoms with Crippen LogP contribution in [0.4, 0.5) is 0 Å². The van der Waals surface area contributed by atoms with Crippen molar-refractivity contribution in [3.8, 4) is 0 Å². The fourth-order valence-electron chi connectivity index (χ4n) is 0.378. The van der Waals surface area contributed by atoms with E-state index in [1.54, 1.807) is 11.8 Å². The van der Waals surface area contributed by atoms with Gasteiger partial charge in [-0.15, -0.1) is 0 Å². The van der Waals surface area contributed by atoms with Crippen LogP contribution in [0.2, 0.25) is 0 Å². The molecule has 0 bridgehead atoms. The topological polar surface area (TPSA) is 69.1 Å². The molecule has 1 unspecified atom stereocenters. The Morgan fingerprint density at radius 2 is 2.10 bits per heavy atom. The van der Waals surface area contributed by atoms with Crippen molar-refractivity contribution in [2.24, 2.45) is 11.5 Å². The molecule has 0 aromatic carbocycles. The molecule has 4 N–H and O–H groups in total. The molecule has 60 valence electrons. The van der Waals surface area contributed by atoms with Gasteiger partial charge in [-0.3, -0.25) is 4.79 Å². The third-order valence-electron chi connectivity index (χ3n) is 0.975. The molecule has 0 spiro atoms. The first kappa shape index (κ1) is 9.78. The van der Waals surface area contributed by atoms with E-state index in [2.05, 4.69) is 13.8 Å². The molecule has 0 heterocycles. The van der Waals surface area contributed by atoms with Gasteiger partial charge in [0.1, 0.15) is 0 Å². The molecular formula is C6H14N2OS. The van der Waals surface area contributed by atoms with Crippen LogP contribution >= 0.6 is 11.8 Å². The second kappa shape index (κ2) is 4.57. The summed E-state index contributed by atoms with van der Waals surface area (Å²) in [4.78, 5) is 10.4. The number of hydrogen-bond acceptors (Lipinski definition) is 3. The van der Waals surface area contributed by atoms with E-state index in [0.29, 0.717) is 11.0 Å². The SMILES string of the molecule is CC(C)SCC(N)C(N)=O. The molecule has 4 heteroatoms. The molecule has 0 saturated carbocycles. The maximum atomic E-state index is 10.4. The van der Waals surface area contributed by atoms with Crippen LogP contribution in [0.1, 0.15) is 13.8 Å². The van der Waals surface area contributed by atoms with E-state index in [0.717, 1.165) is 0 Å². The van der Waals surface area contributed by atoms with Crippen molar-refractivity contribution in [2.45, 2.75) is 25.1 Å². The van der Waals surface area contributed by atoms with Gasteiger partial charge in [-0.25, -0.2) is 0 Å². The highest BCUT2D eigenvalue weighted by Crippen LogP contribution is 2.08. The van der Waals surface area contributed by atoms with Crippen LogP contribution in [0.25, 0.3) is 0 Å². The number of carbonyl (C=O) groups excluding carboxylic acids is 1. The summed E-state index contributed by atoms with van der Waals surface area (Å²) in [5.41, 5.74) is 10.3. The zero-order chi connectivity index (χ0) is 8.15. The van der Waals surface area contributed by atoms with E-state index < -0.39 is 11.9 Å². The van der Waals surface area contributed by atoms with Gasteiger partial charge in [0.2, 0.25) is 5.91 Å². The fraction of sp³-hybridized carbons (Fsp3) is 0.833. The van der Waals surface area contributed by atoms with Crippen LogP contribution in [-0.2, 0) is 4.79 Å². The molecule has 0 fully saturated rings. The zero-order valence-corrected chi connectivity index (χ0v) is 7.15. The van der Waals surface area contributed by atoms with Gasteiger partial charge in [0.15, 0.2) is 0 Å². The van der Waals surface area contributed by atoms with Crippen molar-refractivity contribution in [3.05, 3.63) is 0 Å². The summed E-state index contributed by atoms with van der Waals surface area (Å²) >= 11 is 1.64. The third-order valence-corrected chi connectivity index (χ3v) is 2.19. The second-order valence-corrected chi connectivity index (χ2v) is 4.00. The van der Waals surface area contributed by atoms with Gasteiger partial charge < -0.3 is 11.5 Å². The van der Waals surface area contributed by atoms with E-state index in [-0.39, 0.29) is 0 Å². The zero-order valence-electron chi connectivity index (χ0n) is 6.33. The summed E-state index contributed by atoms with van der Waals surface area (Å²) in [5.74, 6) is 0.195. The predicted octanol–water partition coefficient (Wildman–Crippen LogP) is -0.0594. The predicted molar refractivity (Wildman–Crippen MR) is 44.8 cm³/mol. The van der Waals surface area contributed by atoms with Crippen molar-refractivity contribution >= 4 is 17.7 Å². The van der Waals surface area contributed by atoms with E-state index in [4.69, 9.17) is 11.5 Å². The highest BCUT2D eigenvalue weighted by atomic mass is 32.2. The summed E-state index contributed by atoms with van der Waals surface area (Å²) in [7, 11) is 0. The molecular weight excluding hydrogens is 148 g/mol. The minimum Gasteiger partial charge on any atom is -0.368 e. The van der Waals surface area contributed by atoms with Gasteiger partial charge in [-0.05, 0) is 5.25 Å². The van der Waals surface area contributed by atoms with Gasteiger partial charge in [0.05, 0.1) is 6.04 Å². The van der Waals surface area contributed by atoms with E-state index in [1.165, 1.54) is 0 Å². The van der Waals surface area contributed by atoms with Crippen molar-refractivity contribution in [1.29, 1.82) is 0 Å². The number of thioether (sulfide) groups is 1. The molecule has 3 nitrogen and oxygen atoms in total. The molecule has 0 aliphatic rings. The molecule has 0 saturated heterocycles. The maximum absolute atomic E-state index is 10.4. The lowest BCUT2D eigenvalue weighted by molar-refractivity contribution is -0.118. The summed E-state index contributed by atoms with van der Waals surface area (Å²) in [6.45, 7) is 4.11. The molecule has 0 aliphatic carbocycles. The first-order chi connectivity index (χ1) is 4.54. The van der Waals surface area contributed by atoms with Crippen molar-refractivity contribution in [3.63, 3.8) is 0 Å². The Kier molecular flexibility index (Phi) is 4.47. The average Bonchev–Trinajstić information content (AvgIpc) is 1.82. The number of primary amides is 1. The standard InChI is InChI=1S/C6H14N2OS/c1-4(2)10-3-5(7)6(8)9/h4-5H,3,7H2,1-2H3,(H2,8,9). The summed E-state index contributed by atoms with van der Waals surface area (Å²) < 4.78 is 0. The Morgan fingerprint density at radius 1 is 1.60 bits per heavy atom. The molecule has 1 amide bonds. The van der Waals surface area contributed by atoms with Gasteiger partial charge in [-0.1, -0.05) is 13.8 Å². The molecule has 0 radical (unpaired) electrons. The van der Waals surface area contributed by atoms with Crippen LogP contribution in [0.15, 0.2) is 0 Å². The molecule has 0 rings (SSSR count). The van der Waals surface area contributed by atoms with Crippen LogP contribution in [0, 0.1) is 0 Å². The Hall–Kier alpha value is -0.220. The van der Waals surface area contributed by atoms with Crippen LogP contribution < -0.4 is 11.5 Å². The third kappa shape index (κ3) is 4.64. The quantitative estimate of drug-likeness (QED) is 0.608. The van der Waals surface area contributed by atoms with E-state index in [1.807, 2.05) is 0 Å². The smallest absolute Gasteiger partial charge is 0.235 e. The van der Waals surface area contributed by atoms with Crippen LogP contribution in [0.3, 0.4) is 0 Å². The summed E-state index contributed by atoms with van der Waals surface area (Å²) in [6.07, 6.45) is 0. The van der Waals surface area contributed by atoms with Gasteiger partial charge in [0, 0.05) is 5.75 Å². The molecule has 1 atom stereocenters. The van der Waals surface area contributed by atoms with Gasteiger partial charge in [-0.2, -0.15) is 11.8 Å². The van der Waals surface area contributed by atoms with Crippen molar-refractivity contribution in [1.82, 2.24) is 0 Å². The van der Waals surface area contributed by atoms with Crippen LogP contribution in [0.5, 0.6) is 0 Å². The first-order valence-corrected chi connectivity index (χ1v) is 4.25. The Labute approximate surface area is 65.5 Å². The normalized spacial score (nSPS) is 13.6. The molecule has 0 aromatic rings. The lowest BCUT2D eigenvalue weighted by atomic mass is 10.3. The lowest BCUT2D eigenvalue weighted by Gasteiger charge is -2.08. The summed E-state index contributed by atoms with van der Waals surface area (Å²) in [6, 6.07) is -0.493. The minimum atomic E-state index is -0.493. The van der Waals surface area contributed by atoms with Crippen LogP contribution in [-0.4, -0.2) is 23.0 Å². The number of nitrogens with two attached hydrogens (primary N) is 2. The highest BCUT2D eigenvalue weighted by Gasteiger charge is 2.08.